The van der Waals surface area contributed by atoms with E-state index in [4.69, 9.17) is 9.72 Å². The molecular formula is C22H26N4O2S. The number of nitrogens with one attached hydrogen (secondary N) is 1. The number of thiazole rings is 1. The van der Waals surface area contributed by atoms with Gasteiger partial charge < -0.3 is 15.0 Å². The van der Waals surface area contributed by atoms with Gasteiger partial charge in [0.1, 0.15) is 5.75 Å². The summed E-state index contributed by atoms with van der Waals surface area (Å²) in [5.41, 5.74) is 2.90. The second-order valence-corrected chi connectivity index (χ2v) is 8.29. The molecule has 1 N–H and O–H groups in total. The van der Waals surface area contributed by atoms with E-state index in [1.165, 1.54) is 0 Å². The lowest BCUT2D eigenvalue weighted by molar-refractivity contribution is 0.0948. The normalized spacial score (nSPS) is 14.9. The molecule has 4 rings (SSSR count). The fraction of sp³-hybridized carbons (Fsp3) is 0.364. The van der Waals surface area contributed by atoms with Gasteiger partial charge in [0, 0.05) is 44.8 Å². The Morgan fingerprint density at radius 1 is 1.14 bits per heavy atom. The van der Waals surface area contributed by atoms with Gasteiger partial charge >= 0.3 is 0 Å². The van der Waals surface area contributed by atoms with Gasteiger partial charge in [-0.3, -0.25) is 9.69 Å². The maximum Gasteiger partial charge on any atom is 0.251 e. The predicted octanol–water partition coefficient (Wildman–Crippen LogP) is 3.17. The Kier molecular flexibility index (Phi) is 5.97. The first-order chi connectivity index (χ1) is 14.1. The van der Waals surface area contributed by atoms with Gasteiger partial charge in [0.25, 0.3) is 5.91 Å². The lowest BCUT2D eigenvalue weighted by Crippen LogP contribution is -2.48. The molecule has 6 nitrogen and oxygen atoms in total. The fourth-order valence-corrected chi connectivity index (χ4v) is 4.50. The number of anilines is 1. The molecule has 1 aliphatic heterocycles. The predicted molar refractivity (Wildman–Crippen MR) is 118 cm³/mol. The summed E-state index contributed by atoms with van der Waals surface area (Å²) < 4.78 is 6.46. The molecule has 2 aromatic carbocycles. The molecule has 2 heterocycles. The van der Waals surface area contributed by atoms with E-state index < -0.39 is 0 Å². The standard InChI is InChI=1S/C22H26N4O2S/c1-16-3-5-17(6-4-16)21(27)23-9-10-25-11-13-26(14-12-25)22-24-19-8-7-18(28-2)15-20(19)29-22/h3-8,15H,9-14H2,1-2H3,(H,23,27). The van der Waals surface area contributed by atoms with Gasteiger partial charge in [0.2, 0.25) is 0 Å². The monoisotopic (exact) mass is 410 g/mol. The Morgan fingerprint density at radius 2 is 1.90 bits per heavy atom. The number of amides is 1. The Balaban J connectivity index is 1.25. The number of nitrogens with zero attached hydrogens (tertiary/aromatic N) is 3. The van der Waals surface area contributed by atoms with Gasteiger partial charge in [0.05, 0.1) is 17.3 Å². The molecule has 0 saturated carbocycles. The summed E-state index contributed by atoms with van der Waals surface area (Å²) in [6, 6.07) is 13.7. The Labute approximate surface area is 175 Å². The highest BCUT2D eigenvalue weighted by Gasteiger charge is 2.20. The quantitative estimate of drug-likeness (QED) is 0.677. The number of hydrogen-bond donors (Lipinski definition) is 1. The highest BCUT2D eigenvalue weighted by molar-refractivity contribution is 7.22. The Morgan fingerprint density at radius 3 is 2.62 bits per heavy atom. The topological polar surface area (TPSA) is 57.7 Å². The van der Waals surface area contributed by atoms with Crippen molar-refractivity contribution >= 4 is 32.6 Å². The number of piperazine rings is 1. The highest BCUT2D eigenvalue weighted by Crippen LogP contribution is 2.31. The average Bonchev–Trinajstić information content (AvgIpc) is 3.18. The number of rotatable bonds is 6. The number of carbonyl (C=O) groups excluding carboxylic acids is 1. The average molecular weight is 411 g/mol. The lowest BCUT2D eigenvalue weighted by Gasteiger charge is -2.34. The summed E-state index contributed by atoms with van der Waals surface area (Å²) in [5.74, 6) is 0.860. The molecule has 1 saturated heterocycles. The van der Waals surface area contributed by atoms with Crippen LogP contribution in [0.15, 0.2) is 42.5 Å². The summed E-state index contributed by atoms with van der Waals surface area (Å²) in [5, 5.41) is 4.09. The van der Waals surface area contributed by atoms with E-state index in [0.29, 0.717) is 12.1 Å². The van der Waals surface area contributed by atoms with Crippen LogP contribution in [0.2, 0.25) is 0 Å². The van der Waals surface area contributed by atoms with Crippen LogP contribution in [0.25, 0.3) is 10.2 Å². The van der Waals surface area contributed by atoms with E-state index in [2.05, 4.69) is 15.1 Å². The van der Waals surface area contributed by atoms with E-state index in [1.54, 1.807) is 18.4 Å². The van der Waals surface area contributed by atoms with Crippen LogP contribution in [0.5, 0.6) is 5.75 Å². The Bertz CT molecular complexity index is 978. The van der Waals surface area contributed by atoms with Crippen molar-refractivity contribution in [3.63, 3.8) is 0 Å². The molecule has 1 fully saturated rings. The van der Waals surface area contributed by atoms with Crippen molar-refractivity contribution in [1.29, 1.82) is 0 Å². The molecule has 1 aromatic heterocycles. The van der Waals surface area contributed by atoms with Crippen molar-refractivity contribution in [3.05, 3.63) is 53.6 Å². The molecule has 0 bridgehead atoms. The van der Waals surface area contributed by atoms with Gasteiger partial charge in [-0.2, -0.15) is 0 Å². The van der Waals surface area contributed by atoms with Crippen LogP contribution in [0.1, 0.15) is 15.9 Å². The molecule has 29 heavy (non-hydrogen) atoms. The maximum atomic E-state index is 12.2. The summed E-state index contributed by atoms with van der Waals surface area (Å²) in [6.45, 7) is 7.38. The lowest BCUT2D eigenvalue weighted by atomic mass is 10.1. The van der Waals surface area contributed by atoms with Gasteiger partial charge in [0.15, 0.2) is 5.13 Å². The third kappa shape index (κ3) is 4.68. The largest absolute Gasteiger partial charge is 0.497 e. The molecule has 0 radical (unpaired) electrons. The summed E-state index contributed by atoms with van der Waals surface area (Å²) in [6.07, 6.45) is 0. The second kappa shape index (κ2) is 8.80. The van der Waals surface area contributed by atoms with E-state index in [0.717, 1.165) is 59.4 Å². The summed E-state index contributed by atoms with van der Waals surface area (Å²) >= 11 is 1.71. The van der Waals surface area contributed by atoms with Crippen LogP contribution in [-0.4, -0.2) is 62.2 Å². The number of methoxy groups -OCH3 is 1. The number of aryl methyl sites for hydroxylation is 1. The summed E-state index contributed by atoms with van der Waals surface area (Å²) in [4.78, 5) is 21.7. The maximum absolute atomic E-state index is 12.2. The van der Waals surface area contributed by atoms with E-state index >= 15 is 0 Å². The molecule has 3 aromatic rings. The first-order valence-corrected chi connectivity index (χ1v) is 10.7. The van der Waals surface area contributed by atoms with E-state index in [9.17, 15) is 4.79 Å². The van der Waals surface area contributed by atoms with Crippen molar-refractivity contribution in [2.24, 2.45) is 0 Å². The number of hydrogen-bond acceptors (Lipinski definition) is 6. The number of fused-ring (bicyclic) bond motifs is 1. The third-order valence-electron chi connectivity index (χ3n) is 5.25. The fourth-order valence-electron chi connectivity index (χ4n) is 3.45. The second-order valence-electron chi connectivity index (χ2n) is 7.28. The number of ether oxygens (including phenoxy) is 1. The van der Waals surface area contributed by atoms with Gasteiger partial charge in [-0.15, -0.1) is 0 Å². The Hall–Kier alpha value is -2.64. The first kappa shape index (κ1) is 19.7. The zero-order valence-electron chi connectivity index (χ0n) is 16.9. The molecular weight excluding hydrogens is 384 g/mol. The highest BCUT2D eigenvalue weighted by atomic mass is 32.1. The van der Waals surface area contributed by atoms with Crippen molar-refractivity contribution in [3.8, 4) is 5.75 Å². The van der Waals surface area contributed by atoms with Crippen LogP contribution < -0.4 is 15.0 Å². The third-order valence-corrected chi connectivity index (χ3v) is 6.33. The molecule has 152 valence electrons. The van der Waals surface area contributed by atoms with Crippen LogP contribution in [0, 0.1) is 6.92 Å². The number of aromatic nitrogens is 1. The molecule has 1 amide bonds. The first-order valence-electron chi connectivity index (χ1n) is 9.89. The zero-order valence-corrected chi connectivity index (χ0v) is 17.7. The minimum absolute atomic E-state index is 0.00598. The number of carbonyl (C=O) groups is 1. The minimum atomic E-state index is -0.00598. The smallest absolute Gasteiger partial charge is 0.251 e. The van der Waals surface area contributed by atoms with Crippen molar-refractivity contribution < 1.29 is 9.53 Å². The van der Waals surface area contributed by atoms with Gasteiger partial charge in [-0.05, 0) is 37.3 Å². The zero-order chi connectivity index (χ0) is 20.2. The molecule has 7 heteroatoms. The van der Waals surface area contributed by atoms with Crippen molar-refractivity contribution in [2.75, 3.05) is 51.3 Å². The molecule has 0 unspecified atom stereocenters. The SMILES string of the molecule is COc1ccc2nc(N3CCN(CCNC(=O)c4ccc(C)cc4)CC3)sc2c1. The van der Waals surface area contributed by atoms with Crippen LogP contribution in [0.3, 0.4) is 0 Å². The van der Waals surface area contributed by atoms with Crippen molar-refractivity contribution in [1.82, 2.24) is 15.2 Å². The van der Waals surface area contributed by atoms with Crippen LogP contribution >= 0.6 is 11.3 Å². The van der Waals surface area contributed by atoms with Crippen LogP contribution in [0.4, 0.5) is 5.13 Å². The molecule has 0 aliphatic carbocycles. The minimum Gasteiger partial charge on any atom is -0.497 e. The summed E-state index contributed by atoms with van der Waals surface area (Å²) in [7, 11) is 1.69. The molecule has 1 aliphatic rings. The van der Waals surface area contributed by atoms with Crippen LogP contribution in [-0.2, 0) is 0 Å². The van der Waals surface area contributed by atoms with E-state index in [1.807, 2.05) is 49.4 Å². The molecule has 0 spiro atoms. The van der Waals surface area contributed by atoms with Gasteiger partial charge in [-0.1, -0.05) is 29.0 Å². The number of benzene rings is 2. The van der Waals surface area contributed by atoms with Crippen molar-refractivity contribution in [2.45, 2.75) is 6.92 Å². The van der Waals surface area contributed by atoms with E-state index in [-0.39, 0.29) is 5.91 Å². The molecule has 0 atom stereocenters. The van der Waals surface area contributed by atoms with Gasteiger partial charge in [-0.25, -0.2) is 4.98 Å².